The first-order valence-electron chi connectivity index (χ1n) is 9.95. The number of hydrogen-bond acceptors (Lipinski definition) is 4. The second kappa shape index (κ2) is 12.2. The summed E-state index contributed by atoms with van der Waals surface area (Å²) in [5, 5.41) is 10.9. The van der Waals surface area contributed by atoms with Crippen molar-refractivity contribution >= 4 is 17.7 Å². The standard InChI is InChI=1S/C22H33ClN2O2/c1-18(2)6-12-21(13-9-19-7-10-20(23)11-8-19)24-27-17-22(26)16-25-14-4-3-5-15-25/h7-13,18,22,24,26H,3-6,14-17H2,1-2H3/t22-/m1/s1. The van der Waals surface area contributed by atoms with Crippen molar-refractivity contribution in [3.05, 3.63) is 52.7 Å². The van der Waals surface area contributed by atoms with Crippen LogP contribution >= 0.6 is 11.6 Å². The Morgan fingerprint density at radius 3 is 2.59 bits per heavy atom. The van der Waals surface area contributed by atoms with Gasteiger partial charge in [-0.1, -0.05) is 56.2 Å². The van der Waals surface area contributed by atoms with Crippen molar-refractivity contribution < 1.29 is 9.94 Å². The highest BCUT2D eigenvalue weighted by molar-refractivity contribution is 6.30. The number of nitrogens with zero attached hydrogens (tertiary/aromatic N) is 1. The molecule has 5 heteroatoms. The Bertz CT molecular complexity index is 593. The second-order valence-electron chi connectivity index (χ2n) is 7.60. The summed E-state index contributed by atoms with van der Waals surface area (Å²) in [5.74, 6) is 0.565. The fourth-order valence-corrected chi connectivity index (χ4v) is 3.11. The third-order valence-electron chi connectivity index (χ3n) is 4.52. The van der Waals surface area contributed by atoms with Crippen LogP contribution in [0.25, 0.3) is 6.08 Å². The van der Waals surface area contributed by atoms with E-state index in [1.54, 1.807) is 0 Å². The van der Waals surface area contributed by atoms with Gasteiger partial charge in [0.1, 0.15) is 6.61 Å². The molecule has 150 valence electrons. The first-order chi connectivity index (χ1) is 13.0. The molecule has 1 aliphatic heterocycles. The number of halogens is 1. The van der Waals surface area contributed by atoms with E-state index in [1.165, 1.54) is 19.3 Å². The van der Waals surface area contributed by atoms with Crippen LogP contribution in [0.3, 0.4) is 0 Å². The van der Waals surface area contributed by atoms with Crippen molar-refractivity contribution in [2.45, 2.75) is 45.6 Å². The molecule has 2 rings (SSSR count). The lowest BCUT2D eigenvalue weighted by Crippen LogP contribution is -2.38. The number of hydroxylamine groups is 1. The quantitative estimate of drug-likeness (QED) is 0.449. The number of aliphatic hydroxyl groups is 1. The topological polar surface area (TPSA) is 44.7 Å². The average molecular weight is 393 g/mol. The van der Waals surface area contributed by atoms with Gasteiger partial charge in [0, 0.05) is 11.6 Å². The van der Waals surface area contributed by atoms with Crippen LogP contribution in [0.15, 0.2) is 42.1 Å². The molecule has 27 heavy (non-hydrogen) atoms. The molecule has 1 aromatic rings. The van der Waals surface area contributed by atoms with E-state index in [-0.39, 0.29) is 6.61 Å². The minimum Gasteiger partial charge on any atom is -0.389 e. The van der Waals surface area contributed by atoms with Gasteiger partial charge in [-0.25, -0.2) is 0 Å². The highest BCUT2D eigenvalue weighted by Crippen LogP contribution is 2.12. The van der Waals surface area contributed by atoms with Gasteiger partial charge in [-0.15, -0.1) is 0 Å². The summed E-state index contributed by atoms with van der Waals surface area (Å²) < 4.78 is 0. The van der Waals surface area contributed by atoms with E-state index < -0.39 is 6.10 Å². The van der Waals surface area contributed by atoms with Crippen LogP contribution in [0.2, 0.25) is 5.02 Å². The molecule has 0 aliphatic carbocycles. The molecular weight excluding hydrogens is 360 g/mol. The van der Waals surface area contributed by atoms with E-state index in [9.17, 15) is 5.11 Å². The largest absolute Gasteiger partial charge is 0.389 e. The fourth-order valence-electron chi connectivity index (χ4n) is 2.98. The molecule has 2 N–H and O–H groups in total. The van der Waals surface area contributed by atoms with E-state index in [0.717, 1.165) is 35.8 Å². The molecule has 0 amide bonds. The SMILES string of the molecule is CC(C)CC=C(C=Cc1ccc(Cl)cc1)NOC[C@H](O)CN1CCCCC1. The molecule has 0 unspecified atom stereocenters. The maximum atomic E-state index is 10.2. The Morgan fingerprint density at radius 1 is 1.22 bits per heavy atom. The number of rotatable bonds is 10. The number of hydrogen-bond donors (Lipinski definition) is 2. The smallest absolute Gasteiger partial charge is 0.102 e. The van der Waals surface area contributed by atoms with Crippen molar-refractivity contribution in [3.8, 4) is 0 Å². The molecular formula is C22H33ClN2O2. The second-order valence-corrected chi connectivity index (χ2v) is 8.04. The molecule has 1 atom stereocenters. The van der Waals surface area contributed by atoms with Crippen LogP contribution in [0.1, 0.15) is 45.1 Å². The highest BCUT2D eigenvalue weighted by Gasteiger charge is 2.14. The maximum absolute atomic E-state index is 10.2. The normalized spacial score (nSPS) is 17.6. The molecule has 0 saturated carbocycles. The number of allylic oxidation sites excluding steroid dienone is 2. The number of piperidine rings is 1. The molecule has 1 aromatic carbocycles. The summed E-state index contributed by atoms with van der Waals surface area (Å²) in [5.41, 5.74) is 4.96. The number of aliphatic hydroxyl groups excluding tert-OH is 1. The van der Waals surface area contributed by atoms with Crippen molar-refractivity contribution in [1.82, 2.24) is 10.4 Å². The first kappa shape index (κ1) is 22.0. The summed E-state index contributed by atoms with van der Waals surface area (Å²) in [4.78, 5) is 7.88. The molecule has 1 heterocycles. The van der Waals surface area contributed by atoms with E-state index in [1.807, 2.05) is 36.4 Å². The zero-order chi connectivity index (χ0) is 19.5. The number of nitrogens with one attached hydrogen (secondary N) is 1. The first-order valence-corrected chi connectivity index (χ1v) is 10.3. The molecule has 1 aliphatic rings. The summed E-state index contributed by atoms with van der Waals surface area (Å²) >= 11 is 5.93. The summed E-state index contributed by atoms with van der Waals surface area (Å²) in [6.45, 7) is 7.46. The molecule has 1 fully saturated rings. The Hall–Kier alpha value is -1.33. The van der Waals surface area contributed by atoms with Gasteiger partial charge in [0.2, 0.25) is 0 Å². The summed E-state index contributed by atoms with van der Waals surface area (Å²) in [7, 11) is 0. The van der Waals surface area contributed by atoms with Crippen LogP contribution in [-0.4, -0.2) is 42.4 Å². The molecule has 4 nitrogen and oxygen atoms in total. The van der Waals surface area contributed by atoms with Gasteiger partial charge in [-0.3, -0.25) is 10.3 Å². The summed E-state index contributed by atoms with van der Waals surface area (Å²) in [6.07, 6.45) is 10.3. The lowest BCUT2D eigenvalue weighted by atomic mass is 10.1. The van der Waals surface area contributed by atoms with Gasteiger partial charge < -0.3 is 10.0 Å². The summed E-state index contributed by atoms with van der Waals surface area (Å²) in [6, 6.07) is 7.70. The molecule has 0 bridgehead atoms. The molecule has 0 aromatic heterocycles. The predicted octanol–water partition coefficient (Wildman–Crippen LogP) is 4.65. The van der Waals surface area contributed by atoms with Crippen molar-refractivity contribution in [2.24, 2.45) is 5.92 Å². The van der Waals surface area contributed by atoms with Crippen molar-refractivity contribution in [1.29, 1.82) is 0 Å². The van der Waals surface area contributed by atoms with Gasteiger partial charge >= 0.3 is 0 Å². The Morgan fingerprint density at radius 2 is 1.93 bits per heavy atom. The number of likely N-dealkylation sites (tertiary alicyclic amines) is 1. The van der Waals surface area contributed by atoms with Gasteiger partial charge in [0.05, 0.1) is 11.8 Å². The lowest BCUT2D eigenvalue weighted by molar-refractivity contribution is -0.0191. The van der Waals surface area contributed by atoms with E-state index in [4.69, 9.17) is 16.4 Å². The van der Waals surface area contributed by atoms with Gasteiger partial charge in [-0.2, -0.15) is 0 Å². The Kier molecular flexibility index (Phi) is 9.92. The average Bonchev–Trinajstić information content (AvgIpc) is 2.65. The van der Waals surface area contributed by atoms with Crippen LogP contribution in [0.4, 0.5) is 0 Å². The zero-order valence-corrected chi connectivity index (χ0v) is 17.3. The Balaban J connectivity index is 1.82. The fraction of sp³-hybridized carbons (Fsp3) is 0.545. The van der Waals surface area contributed by atoms with E-state index in [2.05, 4.69) is 30.3 Å². The lowest BCUT2D eigenvalue weighted by Gasteiger charge is -2.28. The van der Waals surface area contributed by atoms with Gasteiger partial charge in [0.25, 0.3) is 0 Å². The van der Waals surface area contributed by atoms with E-state index in [0.29, 0.717) is 12.5 Å². The van der Waals surface area contributed by atoms with Crippen LogP contribution in [0, 0.1) is 5.92 Å². The van der Waals surface area contributed by atoms with Crippen LogP contribution in [0.5, 0.6) is 0 Å². The maximum Gasteiger partial charge on any atom is 0.102 e. The van der Waals surface area contributed by atoms with Gasteiger partial charge in [0.15, 0.2) is 0 Å². The molecule has 1 saturated heterocycles. The Labute approximate surface area is 168 Å². The minimum absolute atomic E-state index is 0.268. The zero-order valence-electron chi connectivity index (χ0n) is 16.5. The van der Waals surface area contributed by atoms with Crippen molar-refractivity contribution in [3.63, 3.8) is 0 Å². The minimum atomic E-state index is -0.484. The molecule has 0 radical (unpaired) electrons. The van der Waals surface area contributed by atoms with Crippen molar-refractivity contribution in [2.75, 3.05) is 26.2 Å². The number of benzene rings is 1. The highest BCUT2D eigenvalue weighted by atomic mass is 35.5. The van der Waals surface area contributed by atoms with Crippen LogP contribution in [-0.2, 0) is 4.84 Å². The third-order valence-corrected chi connectivity index (χ3v) is 4.77. The van der Waals surface area contributed by atoms with E-state index >= 15 is 0 Å². The monoisotopic (exact) mass is 392 g/mol. The van der Waals surface area contributed by atoms with Gasteiger partial charge in [-0.05, 0) is 62.0 Å². The number of β-amino-alcohol motifs (C(OH)–C–C–N with tert-alkyl or cyclic N) is 1. The predicted molar refractivity (Wildman–Crippen MR) is 113 cm³/mol. The van der Waals surface area contributed by atoms with Crippen LogP contribution < -0.4 is 5.48 Å². The third kappa shape index (κ3) is 9.43. The molecule has 0 spiro atoms.